The minimum absolute atomic E-state index is 0.508. The Labute approximate surface area is 213 Å². The molecule has 8 nitrogen and oxygen atoms in total. The van der Waals surface area contributed by atoms with Crippen molar-refractivity contribution in [2.24, 2.45) is 0 Å². The number of hydrogen-bond acceptors (Lipinski definition) is 5. The van der Waals surface area contributed by atoms with E-state index in [-0.39, 0.29) is 0 Å². The summed E-state index contributed by atoms with van der Waals surface area (Å²) in [6, 6.07) is 22.1. The van der Waals surface area contributed by atoms with E-state index in [1.54, 1.807) is 0 Å². The molecular formula is C27H25N7OS. The third-order valence-electron chi connectivity index (χ3n) is 6.13. The molecule has 36 heavy (non-hydrogen) atoms. The van der Waals surface area contributed by atoms with Gasteiger partial charge in [-0.2, -0.15) is 0 Å². The number of benzene rings is 2. The van der Waals surface area contributed by atoms with Crippen LogP contribution in [0.2, 0.25) is 0 Å². The second-order valence-electron chi connectivity index (χ2n) is 8.52. The Morgan fingerprint density at radius 3 is 2.03 bits per heavy atom. The molecule has 9 heteroatoms. The first-order valence-corrected chi connectivity index (χ1v) is 12.2. The molecule has 5 aromatic rings. The average molecular weight is 496 g/mol. The SMILES string of the molecule is S=C(Nc1ccc(N2CCOCC2)cc1)Nc1ccc2nc(-c3ccc[nH]3)c(-c3ccc[nH]3)nc2c1. The molecule has 1 aliphatic heterocycles. The molecule has 1 aliphatic rings. The van der Waals surface area contributed by atoms with Crippen molar-refractivity contribution in [2.45, 2.75) is 0 Å². The quantitative estimate of drug-likeness (QED) is 0.247. The molecule has 0 unspecified atom stereocenters. The van der Waals surface area contributed by atoms with Gasteiger partial charge in [0.25, 0.3) is 0 Å². The maximum Gasteiger partial charge on any atom is 0.175 e. The molecule has 0 spiro atoms. The minimum Gasteiger partial charge on any atom is -0.378 e. The summed E-state index contributed by atoms with van der Waals surface area (Å²) in [6.45, 7) is 3.36. The molecule has 0 amide bonds. The Morgan fingerprint density at radius 2 is 1.39 bits per heavy atom. The van der Waals surface area contributed by atoms with E-state index in [4.69, 9.17) is 26.9 Å². The molecule has 3 aromatic heterocycles. The highest BCUT2D eigenvalue weighted by atomic mass is 32.1. The fourth-order valence-corrected chi connectivity index (χ4v) is 4.57. The number of ether oxygens (including phenoxy) is 1. The summed E-state index contributed by atoms with van der Waals surface area (Å²) >= 11 is 5.57. The molecule has 1 saturated heterocycles. The van der Waals surface area contributed by atoms with E-state index < -0.39 is 0 Å². The van der Waals surface area contributed by atoms with Crippen LogP contribution in [0.4, 0.5) is 17.1 Å². The highest BCUT2D eigenvalue weighted by Gasteiger charge is 2.15. The number of thiocarbonyl (C=S) groups is 1. The van der Waals surface area contributed by atoms with Gasteiger partial charge in [-0.15, -0.1) is 0 Å². The molecule has 0 saturated carbocycles. The monoisotopic (exact) mass is 495 g/mol. The molecular weight excluding hydrogens is 470 g/mol. The van der Waals surface area contributed by atoms with E-state index in [2.05, 4.69) is 37.6 Å². The molecule has 2 aromatic carbocycles. The lowest BCUT2D eigenvalue weighted by molar-refractivity contribution is 0.122. The Hall–Kier alpha value is -4.21. The Morgan fingerprint density at radius 1 is 0.778 bits per heavy atom. The van der Waals surface area contributed by atoms with E-state index in [0.717, 1.165) is 71.5 Å². The van der Waals surface area contributed by atoms with Crippen LogP contribution in [0.1, 0.15) is 0 Å². The van der Waals surface area contributed by atoms with Gasteiger partial charge in [0.2, 0.25) is 0 Å². The van der Waals surface area contributed by atoms with Crippen molar-refractivity contribution in [3.05, 3.63) is 79.1 Å². The van der Waals surface area contributed by atoms with Gasteiger partial charge >= 0.3 is 0 Å². The van der Waals surface area contributed by atoms with Crippen LogP contribution in [0.3, 0.4) is 0 Å². The van der Waals surface area contributed by atoms with Gasteiger partial charge in [-0.1, -0.05) is 0 Å². The van der Waals surface area contributed by atoms with Crippen LogP contribution in [0.15, 0.2) is 79.1 Å². The molecule has 0 bridgehead atoms. The summed E-state index contributed by atoms with van der Waals surface area (Å²) in [5.74, 6) is 0. The number of aromatic amines is 2. The molecule has 180 valence electrons. The van der Waals surface area contributed by atoms with E-state index in [0.29, 0.717) is 5.11 Å². The van der Waals surface area contributed by atoms with E-state index in [9.17, 15) is 0 Å². The number of nitrogens with one attached hydrogen (secondary N) is 4. The van der Waals surface area contributed by atoms with Crippen LogP contribution in [0.25, 0.3) is 33.8 Å². The number of H-pyrrole nitrogens is 2. The summed E-state index contributed by atoms with van der Waals surface area (Å²) in [6.07, 6.45) is 3.77. The largest absolute Gasteiger partial charge is 0.378 e. The fraction of sp³-hybridized carbons (Fsp3) is 0.148. The number of nitrogens with zero attached hydrogens (tertiary/aromatic N) is 3. The van der Waals surface area contributed by atoms with Gasteiger partial charge in [-0.25, -0.2) is 9.97 Å². The number of morpholine rings is 1. The van der Waals surface area contributed by atoms with Gasteiger partial charge in [0.15, 0.2) is 5.11 Å². The van der Waals surface area contributed by atoms with Gasteiger partial charge in [-0.3, -0.25) is 0 Å². The molecule has 4 heterocycles. The number of fused-ring (bicyclic) bond motifs is 1. The van der Waals surface area contributed by atoms with Crippen LogP contribution in [-0.4, -0.2) is 51.4 Å². The Bertz CT molecular complexity index is 1480. The summed E-state index contributed by atoms with van der Waals surface area (Å²) in [4.78, 5) is 18.7. The number of hydrogen-bond donors (Lipinski definition) is 4. The van der Waals surface area contributed by atoms with Crippen molar-refractivity contribution in [2.75, 3.05) is 41.8 Å². The zero-order chi connectivity index (χ0) is 24.3. The summed E-state index contributed by atoms with van der Waals surface area (Å²) in [5, 5.41) is 7.04. The third kappa shape index (κ3) is 4.66. The van der Waals surface area contributed by atoms with Gasteiger partial charge in [-0.05, 0) is 78.9 Å². The van der Waals surface area contributed by atoms with Crippen LogP contribution in [0.5, 0.6) is 0 Å². The van der Waals surface area contributed by atoms with Crippen molar-refractivity contribution in [3.63, 3.8) is 0 Å². The Kier molecular flexibility index (Phi) is 6.06. The zero-order valence-electron chi connectivity index (χ0n) is 19.5. The number of anilines is 3. The van der Waals surface area contributed by atoms with Crippen LogP contribution in [0, 0.1) is 0 Å². The predicted molar refractivity (Wildman–Crippen MR) is 148 cm³/mol. The lowest BCUT2D eigenvalue weighted by Crippen LogP contribution is -2.36. The number of rotatable bonds is 5. The van der Waals surface area contributed by atoms with Gasteiger partial charge in [0, 0.05) is 42.5 Å². The second-order valence-corrected chi connectivity index (χ2v) is 8.93. The highest BCUT2D eigenvalue weighted by Crippen LogP contribution is 2.30. The van der Waals surface area contributed by atoms with E-state index >= 15 is 0 Å². The van der Waals surface area contributed by atoms with Crippen LogP contribution < -0.4 is 15.5 Å². The minimum atomic E-state index is 0.508. The smallest absolute Gasteiger partial charge is 0.175 e. The van der Waals surface area contributed by atoms with Crippen LogP contribution in [-0.2, 0) is 4.74 Å². The van der Waals surface area contributed by atoms with Crippen molar-refractivity contribution in [1.82, 2.24) is 19.9 Å². The van der Waals surface area contributed by atoms with Gasteiger partial charge in [0.05, 0.1) is 35.6 Å². The molecule has 1 fully saturated rings. The maximum absolute atomic E-state index is 5.57. The van der Waals surface area contributed by atoms with Crippen molar-refractivity contribution in [1.29, 1.82) is 0 Å². The first kappa shape index (κ1) is 22.3. The normalized spacial score (nSPS) is 13.6. The van der Waals surface area contributed by atoms with Crippen molar-refractivity contribution < 1.29 is 4.74 Å². The van der Waals surface area contributed by atoms with Gasteiger partial charge < -0.3 is 30.2 Å². The summed E-state index contributed by atoms with van der Waals surface area (Å²) < 4.78 is 5.44. The summed E-state index contributed by atoms with van der Waals surface area (Å²) in [5.41, 5.74) is 7.94. The number of aromatic nitrogens is 4. The molecule has 0 aliphatic carbocycles. The zero-order valence-corrected chi connectivity index (χ0v) is 20.3. The maximum atomic E-state index is 5.57. The topological polar surface area (TPSA) is 93.9 Å². The molecule has 0 radical (unpaired) electrons. The molecule has 4 N–H and O–H groups in total. The Balaban J connectivity index is 1.21. The average Bonchev–Trinajstić information content (AvgIpc) is 3.64. The van der Waals surface area contributed by atoms with Crippen molar-refractivity contribution in [3.8, 4) is 22.8 Å². The molecule has 0 atom stereocenters. The van der Waals surface area contributed by atoms with E-state index in [1.807, 2.05) is 67.0 Å². The lowest BCUT2D eigenvalue weighted by Gasteiger charge is -2.29. The first-order chi connectivity index (χ1) is 17.7. The predicted octanol–water partition coefficient (Wildman–Crippen LogP) is 5.27. The van der Waals surface area contributed by atoms with E-state index in [1.165, 1.54) is 5.69 Å². The summed E-state index contributed by atoms with van der Waals surface area (Å²) in [7, 11) is 0. The highest BCUT2D eigenvalue weighted by molar-refractivity contribution is 7.80. The molecule has 6 rings (SSSR count). The van der Waals surface area contributed by atoms with Gasteiger partial charge in [0.1, 0.15) is 11.4 Å². The van der Waals surface area contributed by atoms with Crippen LogP contribution >= 0.6 is 12.2 Å². The van der Waals surface area contributed by atoms with Crippen molar-refractivity contribution >= 4 is 45.4 Å². The standard InChI is InChI=1S/C27H25N7OS/c36-27(30-18-5-8-20(9-6-18)34-13-15-35-16-14-34)31-19-7-10-21-24(17-19)33-26(23-4-2-12-29-23)25(32-21)22-3-1-11-28-22/h1-12,17,28-29H,13-16H2,(H2,30,31,36). The second kappa shape index (κ2) is 9.80. The fourth-order valence-electron chi connectivity index (χ4n) is 4.33. The third-order valence-corrected chi connectivity index (χ3v) is 6.33. The lowest BCUT2D eigenvalue weighted by atomic mass is 10.1. The first-order valence-electron chi connectivity index (χ1n) is 11.8.